The van der Waals surface area contributed by atoms with Crippen LogP contribution in [0.1, 0.15) is 129 Å². The summed E-state index contributed by atoms with van der Waals surface area (Å²) in [6, 6.07) is 0. The average Bonchev–Trinajstić information content (AvgIpc) is 3.15. The van der Waals surface area contributed by atoms with Crippen LogP contribution in [0.2, 0.25) is 0 Å². The van der Waals surface area contributed by atoms with Gasteiger partial charge in [0.2, 0.25) is 0 Å². The zero-order valence-corrected chi connectivity index (χ0v) is 36.4. The zero-order valence-electron chi connectivity index (χ0n) is 35.5. The lowest BCUT2D eigenvalue weighted by Gasteiger charge is -2.28. The lowest BCUT2D eigenvalue weighted by Crippen LogP contribution is -2.37. The molecule has 10 heteroatoms. The van der Waals surface area contributed by atoms with Crippen LogP contribution in [0, 0.1) is 0 Å². The van der Waals surface area contributed by atoms with E-state index < -0.39 is 32.5 Å². The highest BCUT2D eigenvalue weighted by atomic mass is 31.2. The molecule has 0 aromatic carbocycles. The Balaban J connectivity index is 4.54. The summed E-state index contributed by atoms with van der Waals surface area (Å²) in [6.45, 7) is 3.92. The van der Waals surface area contributed by atoms with E-state index in [1.807, 2.05) is 21.1 Å². The predicted molar refractivity (Wildman–Crippen MR) is 231 cm³/mol. The number of nitrogens with zero attached hydrogens (tertiary/aromatic N) is 1. The number of phosphoric acid groups is 1. The van der Waals surface area contributed by atoms with Crippen LogP contribution in [0.3, 0.4) is 0 Å². The molecule has 2 atom stereocenters. The molecule has 0 saturated carbocycles. The summed E-state index contributed by atoms with van der Waals surface area (Å²) >= 11 is 0. The molecular formula is C46H76NO8P. The van der Waals surface area contributed by atoms with E-state index in [2.05, 4.69) is 111 Å². The van der Waals surface area contributed by atoms with Crippen LogP contribution in [-0.2, 0) is 32.7 Å². The minimum atomic E-state index is -4.65. The number of phosphoric ester groups is 1. The number of rotatable bonds is 36. The number of allylic oxidation sites excluding steroid dienone is 16. The molecule has 0 aliphatic rings. The summed E-state index contributed by atoms with van der Waals surface area (Å²) in [5, 5.41) is 0. The quantitative estimate of drug-likeness (QED) is 0.0202. The van der Waals surface area contributed by atoms with E-state index in [4.69, 9.17) is 18.5 Å². The van der Waals surface area contributed by atoms with Crippen molar-refractivity contribution in [1.29, 1.82) is 0 Å². The summed E-state index contributed by atoms with van der Waals surface area (Å²) < 4.78 is 33.8. The fourth-order valence-electron chi connectivity index (χ4n) is 4.81. The highest BCUT2D eigenvalue weighted by molar-refractivity contribution is 7.45. The van der Waals surface area contributed by atoms with E-state index in [1.54, 1.807) is 0 Å². The second-order valence-corrected chi connectivity index (χ2v) is 16.0. The molecule has 9 nitrogen and oxygen atoms in total. The Labute approximate surface area is 341 Å². The van der Waals surface area contributed by atoms with E-state index in [-0.39, 0.29) is 26.1 Å². The van der Waals surface area contributed by atoms with Gasteiger partial charge in [-0.15, -0.1) is 0 Å². The summed E-state index contributed by atoms with van der Waals surface area (Å²) in [5.41, 5.74) is 0. The number of carbonyl (C=O) groups excluding carboxylic acids is 2. The predicted octanol–water partition coefficient (Wildman–Crippen LogP) is 11.2. The normalized spacial score (nSPS) is 14.6. The van der Waals surface area contributed by atoms with Gasteiger partial charge < -0.3 is 27.9 Å². The third kappa shape index (κ3) is 40.6. The molecule has 0 heterocycles. The first-order chi connectivity index (χ1) is 27.0. The highest BCUT2D eigenvalue weighted by Gasteiger charge is 2.21. The van der Waals surface area contributed by atoms with E-state index in [9.17, 15) is 19.0 Å². The number of unbranched alkanes of at least 4 members (excludes halogenated alkanes) is 6. The number of carbonyl (C=O) groups is 2. The second-order valence-electron chi connectivity index (χ2n) is 14.6. The van der Waals surface area contributed by atoms with Gasteiger partial charge in [0.1, 0.15) is 19.8 Å². The standard InChI is InChI=1S/C46H76NO8P/c1-6-8-10-12-14-16-18-20-22-23-25-26-28-30-32-34-36-38-45(48)52-42-44(43-54-56(50,51)53-41-40-47(3,4)5)55-46(49)39-37-35-33-31-29-27-24-21-19-17-15-13-11-9-7-2/h9-12,15-18,21-24,26,28-29,31,44H,6-8,13-14,19-20,25,27,30,32-43H2,1-5H3/b11-9+,12-10+,17-15+,18-16+,23-22+,24-21+,28-26+,31-29+/t44-/m1/s1. The van der Waals surface area contributed by atoms with Crippen molar-refractivity contribution >= 4 is 19.8 Å². The first kappa shape index (κ1) is 52.9. The molecule has 0 aromatic rings. The van der Waals surface area contributed by atoms with Gasteiger partial charge in [-0.3, -0.25) is 14.2 Å². The fourth-order valence-corrected chi connectivity index (χ4v) is 5.54. The third-order valence-electron chi connectivity index (χ3n) is 8.07. The zero-order chi connectivity index (χ0) is 41.4. The van der Waals surface area contributed by atoms with E-state index in [0.717, 1.165) is 83.5 Å². The number of hydrogen-bond acceptors (Lipinski definition) is 8. The number of esters is 2. The van der Waals surface area contributed by atoms with Gasteiger partial charge in [0.05, 0.1) is 27.7 Å². The van der Waals surface area contributed by atoms with E-state index in [1.165, 1.54) is 6.42 Å². The summed E-state index contributed by atoms with van der Waals surface area (Å²) in [7, 11) is 1.10. The monoisotopic (exact) mass is 802 g/mol. The number of likely N-dealkylation sites (N-methyl/N-ethyl adjacent to an activating group) is 1. The Morgan fingerprint density at radius 1 is 0.571 bits per heavy atom. The molecule has 0 rings (SSSR count). The van der Waals surface area contributed by atoms with E-state index >= 15 is 0 Å². The van der Waals surface area contributed by atoms with Crippen molar-refractivity contribution in [2.45, 2.75) is 136 Å². The van der Waals surface area contributed by atoms with Crippen molar-refractivity contribution in [3.8, 4) is 0 Å². The van der Waals surface area contributed by atoms with Crippen LogP contribution in [0.25, 0.3) is 0 Å². The summed E-state index contributed by atoms with van der Waals surface area (Å²) in [5.74, 6) is -0.933. The number of hydrogen-bond donors (Lipinski definition) is 0. The van der Waals surface area contributed by atoms with Crippen molar-refractivity contribution in [3.63, 3.8) is 0 Å². The Bertz CT molecular complexity index is 1270. The topological polar surface area (TPSA) is 111 Å². The van der Waals surface area contributed by atoms with Gasteiger partial charge >= 0.3 is 11.9 Å². The van der Waals surface area contributed by atoms with Gasteiger partial charge in [0, 0.05) is 12.8 Å². The maximum atomic E-state index is 12.6. The Kier molecular flexibility index (Phi) is 35.4. The molecule has 0 aliphatic carbocycles. The van der Waals surface area contributed by atoms with Gasteiger partial charge in [-0.2, -0.15) is 0 Å². The van der Waals surface area contributed by atoms with Crippen molar-refractivity contribution in [1.82, 2.24) is 0 Å². The van der Waals surface area contributed by atoms with Crippen LogP contribution >= 0.6 is 7.82 Å². The van der Waals surface area contributed by atoms with Crippen LogP contribution < -0.4 is 4.89 Å². The molecule has 0 N–H and O–H groups in total. The van der Waals surface area contributed by atoms with Gasteiger partial charge in [-0.25, -0.2) is 0 Å². The Hall–Kier alpha value is -3.07. The molecular weight excluding hydrogens is 725 g/mol. The third-order valence-corrected chi connectivity index (χ3v) is 9.03. The lowest BCUT2D eigenvalue weighted by molar-refractivity contribution is -0.870. The van der Waals surface area contributed by atoms with Gasteiger partial charge in [0.25, 0.3) is 7.82 Å². The summed E-state index contributed by atoms with van der Waals surface area (Å²) in [4.78, 5) is 37.5. The number of quaternary nitrogens is 1. The minimum absolute atomic E-state index is 0.0503. The number of ether oxygens (including phenoxy) is 2. The molecule has 0 aromatic heterocycles. The van der Waals surface area contributed by atoms with Crippen LogP contribution in [0.15, 0.2) is 97.2 Å². The summed E-state index contributed by atoms with van der Waals surface area (Å²) in [6.07, 6.45) is 48.7. The maximum Gasteiger partial charge on any atom is 0.306 e. The molecule has 0 radical (unpaired) electrons. The smallest absolute Gasteiger partial charge is 0.306 e. The van der Waals surface area contributed by atoms with Crippen LogP contribution in [0.4, 0.5) is 0 Å². The molecule has 0 aliphatic heterocycles. The molecule has 0 spiro atoms. The lowest BCUT2D eigenvalue weighted by atomic mass is 10.1. The van der Waals surface area contributed by atoms with Gasteiger partial charge in [-0.1, -0.05) is 124 Å². The SMILES string of the molecule is CC/C=C/C/C=C/C/C=C/C/C=C/CCCCC(=O)O[C@H](COC(=O)CCCCC/C=C/C/C=C/C/C=C/C/C=C/CCC)COP(=O)([O-])OCC[N+](C)(C)C. The Morgan fingerprint density at radius 3 is 1.52 bits per heavy atom. The maximum absolute atomic E-state index is 12.6. The highest BCUT2D eigenvalue weighted by Crippen LogP contribution is 2.38. The van der Waals surface area contributed by atoms with Crippen molar-refractivity contribution in [2.75, 3.05) is 47.5 Å². The molecule has 1 unspecified atom stereocenters. The molecule has 0 bridgehead atoms. The molecule has 56 heavy (non-hydrogen) atoms. The van der Waals surface area contributed by atoms with Gasteiger partial charge in [-0.05, 0) is 89.9 Å². The van der Waals surface area contributed by atoms with Crippen LogP contribution in [0.5, 0.6) is 0 Å². The molecule has 0 saturated heterocycles. The molecule has 318 valence electrons. The largest absolute Gasteiger partial charge is 0.756 e. The van der Waals surface area contributed by atoms with Crippen molar-refractivity contribution < 1.29 is 42.1 Å². The fraction of sp³-hybridized carbons (Fsp3) is 0.609. The Morgan fingerprint density at radius 2 is 1.02 bits per heavy atom. The van der Waals surface area contributed by atoms with Crippen LogP contribution in [-0.4, -0.2) is 70.0 Å². The average molecular weight is 802 g/mol. The first-order valence-corrected chi connectivity index (χ1v) is 22.4. The first-order valence-electron chi connectivity index (χ1n) is 20.9. The second kappa shape index (κ2) is 37.5. The van der Waals surface area contributed by atoms with Gasteiger partial charge in [0.15, 0.2) is 6.10 Å². The van der Waals surface area contributed by atoms with Crippen molar-refractivity contribution in [2.24, 2.45) is 0 Å². The molecule has 0 fully saturated rings. The van der Waals surface area contributed by atoms with Crippen molar-refractivity contribution in [3.05, 3.63) is 97.2 Å². The molecule has 0 amide bonds. The minimum Gasteiger partial charge on any atom is -0.756 e. The van der Waals surface area contributed by atoms with E-state index in [0.29, 0.717) is 23.9 Å².